The van der Waals surface area contributed by atoms with Crippen LogP contribution in [0.25, 0.3) is 0 Å². The molecule has 0 saturated carbocycles. The van der Waals surface area contributed by atoms with Crippen LogP contribution in [0.3, 0.4) is 0 Å². The molecule has 0 atom stereocenters. The van der Waals surface area contributed by atoms with Crippen molar-refractivity contribution in [1.29, 1.82) is 0 Å². The molecule has 5 rings (SSSR count). The van der Waals surface area contributed by atoms with Crippen molar-refractivity contribution in [2.75, 3.05) is 7.05 Å². The van der Waals surface area contributed by atoms with Crippen molar-refractivity contribution in [1.82, 2.24) is 10.4 Å². The molecule has 1 N–H and O–H groups in total. The maximum absolute atomic E-state index is 14.0. The van der Waals surface area contributed by atoms with E-state index in [1.807, 2.05) is 115 Å². The van der Waals surface area contributed by atoms with Gasteiger partial charge in [-0.2, -0.15) is 0 Å². The zero-order chi connectivity index (χ0) is 33.0. The van der Waals surface area contributed by atoms with Gasteiger partial charge in [-0.1, -0.05) is 117 Å². The van der Waals surface area contributed by atoms with Crippen molar-refractivity contribution < 1.29 is 23.9 Å². The van der Waals surface area contributed by atoms with Crippen LogP contribution in [0.5, 0.6) is 11.5 Å². The minimum Gasteiger partial charge on any atom is -0.488 e. The lowest BCUT2D eigenvalue weighted by atomic mass is 9.98. The number of nitrogens with zero attached hydrogens (tertiary/aromatic N) is 1. The van der Waals surface area contributed by atoms with E-state index >= 15 is 0 Å². The Morgan fingerprint density at radius 1 is 0.638 bits per heavy atom. The van der Waals surface area contributed by atoms with Gasteiger partial charge < -0.3 is 14.4 Å². The van der Waals surface area contributed by atoms with Crippen LogP contribution in [-0.4, -0.2) is 23.8 Å². The lowest BCUT2D eigenvalue weighted by Crippen LogP contribution is -2.27. The summed E-state index contributed by atoms with van der Waals surface area (Å²) in [5.41, 5.74) is 8.22. The zero-order valence-corrected chi connectivity index (χ0v) is 27.0. The monoisotopic (exact) mass is 628 g/mol. The normalized spacial score (nSPS) is 10.8. The van der Waals surface area contributed by atoms with Crippen LogP contribution >= 0.6 is 0 Å². The number of carbonyl (C=O) groups excluding carboxylic acids is 2. The molecule has 0 saturated heterocycles. The molecule has 0 aromatic heterocycles. The Hall–Kier alpha value is -5.40. The van der Waals surface area contributed by atoms with Gasteiger partial charge in [0, 0.05) is 25.2 Å². The first-order chi connectivity index (χ1) is 22.9. The molecular formula is C40H40N2O5. The maximum Gasteiger partial charge on any atom is 0.274 e. The summed E-state index contributed by atoms with van der Waals surface area (Å²) in [4.78, 5) is 33.6. The molecule has 0 spiro atoms. The summed E-state index contributed by atoms with van der Waals surface area (Å²) in [6.45, 7) is 5.48. The minimum atomic E-state index is -0.340. The van der Waals surface area contributed by atoms with E-state index in [-0.39, 0.29) is 24.3 Å². The molecule has 0 aliphatic carbocycles. The van der Waals surface area contributed by atoms with E-state index in [1.54, 1.807) is 24.1 Å². The second-order valence-electron chi connectivity index (χ2n) is 11.7. The van der Waals surface area contributed by atoms with Gasteiger partial charge in [-0.25, -0.2) is 5.48 Å². The average Bonchev–Trinajstić information content (AvgIpc) is 3.11. The first-order valence-electron chi connectivity index (χ1n) is 15.7. The summed E-state index contributed by atoms with van der Waals surface area (Å²) < 4.78 is 12.6. The maximum atomic E-state index is 14.0. The second kappa shape index (κ2) is 16.2. The van der Waals surface area contributed by atoms with Crippen LogP contribution in [0.4, 0.5) is 0 Å². The van der Waals surface area contributed by atoms with Crippen molar-refractivity contribution in [3.8, 4) is 11.5 Å². The molecular weight excluding hydrogens is 588 g/mol. The number of rotatable bonds is 14. The van der Waals surface area contributed by atoms with E-state index in [0.717, 1.165) is 27.8 Å². The summed E-state index contributed by atoms with van der Waals surface area (Å²) in [6, 6.07) is 40.3. The van der Waals surface area contributed by atoms with Gasteiger partial charge in [0.05, 0.1) is 12.2 Å². The van der Waals surface area contributed by atoms with E-state index in [1.165, 1.54) is 0 Å². The smallest absolute Gasteiger partial charge is 0.274 e. The number of carbonyl (C=O) groups is 2. The van der Waals surface area contributed by atoms with E-state index in [9.17, 15) is 9.59 Å². The van der Waals surface area contributed by atoms with Crippen LogP contribution in [0.1, 0.15) is 68.3 Å². The molecule has 0 aliphatic rings. The molecule has 0 bridgehead atoms. The third-order valence-corrected chi connectivity index (χ3v) is 7.67. The molecule has 2 amide bonds. The fourth-order valence-corrected chi connectivity index (χ4v) is 5.04. The highest BCUT2D eigenvalue weighted by atomic mass is 16.6. The van der Waals surface area contributed by atoms with Crippen LogP contribution in [0.15, 0.2) is 127 Å². The molecule has 7 heteroatoms. The van der Waals surface area contributed by atoms with E-state index in [4.69, 9.17) is 14.3 Å². The Labute approximate surface area is 276 Å². The van der Waals surface area contributed by atoms with Gasteiger partial charge in [-0.05, 0) is 51.9 Å². The minimum absolute atomic E-state index is 0.108. The van der Waals surface area contributed by atoms with Crippen LogP contribution in [0.2, 0.25) is 0 Å². The van der Waals surface area contributed by atoms with Gasteiger partial charge in [-0.3, -0.25) is 14.4 Å². The van der Waals surface area contributed by atoms with Crippen molar-refractivity contribution in [3.63, 3.8) is 0 Å². The fourth-order valence-electron chi connectivity index (χ4n) is 5.04. The first kappa shape index (κ1) is 33.0. The summed E-state index contributed by atoms with van der Waals surface area (Å²) in [5.74, 6) is 0.734. The predicted octanol–water partition coefficient (Wildman–Crippen LogP) is 8.10. The largest absolute Gasteiger partial charge is 0.488 e. The van der Waals surface area contributed by atoms with E-state index in [2.05, 4.69) is 19.3 Å². The van der Waals surface area contributed by atoms with Crippen molar-refractivity contribution in [3.05, 3.63) is 166 Å². The number of ether oxygens (including phenoxy) is 2. The molecule has 5 aromatic rings. The van der Waals surface area contributed by atoms with Gasteiger partial charge in [-0.15, -0.1) is 0 Å². The summed E-state index contributed by atoms with van der Waals surface area (Å²) in [6.07, 6.45) is 0. The van der Waals surface area contributed by atoms with Crippen molar-refractivity contribution in [2.45, 2.75) is 46.1 Å². The Balaban J connectivity index is 1.30. The van der Waals surface area contributed by atoms with Crippen molar-refractivity contribution >= 4 is 11.8 Å². The topological polar surface area (TPSA) is 77.1 Å². The lowest BCUT2D eigenvalue weighted by Gasteiger charge is -2.23. The fraction of sp³-hybridized carbons (Fsp3) is 0.200. The highest BCUT2D eigenvalue weighted by molar-refractivity contribution is 5.97. The second-order valence-corrected chi connectivity index (χ2v) is 11.7. The molecule has 0 aliphatic heterocycles. The summed E-state index contributed by atoms with van der Waals surface area (Å²) in [5, 5.41) is 0. The van der Waals surface area contributed by atoms with Crippen LogP contribution in [-0.2, 0) is 31.2 Å². The predicted molar refractivity (Wildman–Crippen MR) is 183 cm³/mol. The number of hydroxylamine groups is 1. The van der Waals surface area contributed by atoms with Gasteiger partial charge in [0.2, 0.25) is 0 Å². The third-order valence-electron chi connectivity index (χ3n) is 7.67. The van der Waals surface area contributed by atoms with E-state index in [0.29, 0.717) is 42.4 Å². The molecule has 0 radical (unpaired) electrons. The molecule has 240 valence electrons. The Morgan fingerprint density at radius 3 is 1.68 bits per heavy atom. The Morgan fingerprint density at radius 2 is 1.15 bits per heavy atom. The molecule has 0 unspecified atom stereocenters. The summed E-state index contributed by atoms with van der Waals surface area (Å²) >= 11 is 0. The molecule has 0 heterocycles. The molecule has 47 heavy (non-hydrogen) atoms. The number of nitrogens with one attached hydrogen (secondary N) is 1. The van der Waals surface area contributed by atoms with Gasteiger partial charge in [0.25, 0.3) is 11.8 Å². The number of benzene rings is 5. The highest BCUT2D eigenvalue weighted by Crippen LogP contribution is 2.35. The number of amides is 2. The van der Waals surface area contributed by atoms with Crippen LogP contribution in [0, 0.1) is 0 Å². The van der Waals surface area contributed by atoms with E-state index < -0.39 is 0 Å². The average molecular weight is 629 g/mol. The number of hydrogen-bond donors (Lipinski definition) is 1. The highest BCUT2D eigenvalue weighted by Gasteiger charge is 2.23. The van der Waals surface area contributed by atoms with Crippen molar-refractivity contribution in [2.24, 2.45) is 0 Å². The molecule has 0 fully saturated rings. The summed E-state index contributed by atoms with van der Waals surface area (Å²) in [7, 11) is 1.76. The Bertz CT molecular complexity index is 1740. The zero-order valence-electron chi connectivity index (χ0n) is 27.0. The van der Waals surface area contributed by atoms with Gasteiger partial charge in [0.1, 0.15) is 24.7 Å². The van der Waals surface area contributed by atoms with Gasteiger partial charge in [0.15, 0.2) is 0 Å². The standard InChI is InChI=1S/C40H40N2O5/c1-29(2)35-23-36(38(46-27-32-15-9-5-10-16-32)24-37(35)45-26-31-13-7-4-8-14-31)40(44)42(3)25-30-19-21-34(22-20-30)39(43)41-47-28-33-17-11-6-12-18-33/h4-24,29H,25-28H2,1-3H3,(H,41,43). The lowest BCUT2D eigenvalue weighted by molar-refractivity contribution is 0.0233. The number of hydrogen-bond acceptors (Lipinski definition) is 5. The van der Waals surface area contributed by atoms with Crippen LogP contribution < -0.4 is 15.0 Å². The molecule has 7 nitrogen and oxygen atoms in total. The van der Waals surface area contributed by atoms with Gasteiger partial charge >= 0.3 is 0 Å². The SMILES string of the molecule is CC(C)c1cc(C(=O)N(C)Cc2ccc(C(=O)NOCc3ccccc3)cc2)c(OCc2ccccc2)cc1OCc1ccccc1. The quantitative estimate of drug-likeness (QED) is 0.126. The molecule has 5 aromatic carbocycles. The Kier molecular flexibility index (Phi) is 11.4. The first-order valence-corrected chi connectivity index (χ1v) is 15.7. The third kappa shape index (κ3) is 9.31.